The zero-order valence-electron chi connectivity index (χ0n) is 10.6. The van der Waals surface area contributed by atoms with Crippen molar-refractivity contribution in [2.75, 3.05) is 26.8 Å². The molecular formula is C13H18N2O3. The summed E-state index contributed by atoms with van der Waals surface area (Å²) in [7, 11) is 1.59. The number of hydrogen-bond acceptors (Lipinski definition) is 4. The minimum Gasteiger partial charge on any atom is -0.469 e. The molecular weight excluding hydrogens is 232 g/mol. The molecule has 0 spiro atoms. The van der Waals surface area contributed by atoms with Crippen molar-refractivity contribution in [1.29, 1.82) is 5.26 Å². The second kappa shape index (κ2) is 8.31. The third-order valence-electron chi connectivity index (χ3n) is 2.58. The van der Waals surface area contributed by atoms with Gasteiger partial charge in [-0.3, -0.25) is 4.79 Å². The predicted octanol–water partition coefficient (Wildman–Crippen LogP) is 1.60. The fraction of sp³-hybridized carbons (Fsp3) is 0.538. The Labute approximate surface area is 107 Å². The predicted molar refractivity (Wildman–Crippen MR) is 65.7 cm³/mol. The zero-order chi connectivity index (χ0) is 13.2. The smallest absolute Gasteiger partial charge is 0.223 e. The van der Waals surface area contributed by atoms with E-state index >= 15 is 0 Å². The molecule has 1 heterocycles. The molecule has 0 atom stereocenters. The Morgan fingerprint density at radius 2 is 2.39 bits per heavy atom. The first-order chi connectivity index (χ1) is 8.77. The van der Waals surface area contributed by atoms with E-state index in [-0.39, 0.29) is 5.91 Å². The molecule has 5 nitrogen and oxygen atoms in total. The number of hydrogen-bond donors (Lipinski definition) is 0. The summed E-state index contributed by atoms with van der Waals surface area (Å²) in [5, 5.41) is 8.57. The molecule has 0 unspecified atom stereocenters. The van der Waals surface area contributed by atoms with Crippen molar-refractivity contribution in [2.24, 2.45) is 0 Å². The van der Waals surface area contributed by atoms with E-state index in [1.807, 2.05) is 12.1 Å². The first-order valence-corrected chi connectivity index (χ1v) is 5.94. The van der Waals surface area contributed by atoms with E-state index in [9.17, 15) is 4.79 Å². The number of rotatable bonds is 8. The lowest BCUT2D eigenvalue weighted by molar-refractivity contribution is -0.131. The SMILES string of the molecule is COCCN(CCC#N)C(=O)CCc1ccco1. The van der Waals surface area contributed by atoms with Gasteiger partial charge >= 0.3 is 0 Å². The van der Waals surface area contributed by atoms with Crippen LogP contribution in [-0.2, 0) is 16.0 Å². The van der Waals surface area contributed by atoms with Crippen molar-refractivity contribution in [3.8, 4) is 6.07 Å². The quantitative estimate of drug-likeness (QED) is 0.703. The summed E-state index contributed by atoms with van der Waals surface area (Å²) in [6, 6.07) is 5.70. The number of nitriles is 1. The monoisotopic (exact) mass is 250 g/mol. The van der Waals surface area contributed by atoms with Gasteiger partial charge in [0.1, 0.15) is 5.76 Å². The molecule has 0 aromatic carbocycles. The van der Waals surface area contributed by atoms with Gasteiger partial charge in [0.2, 0.25) is 5.91 Å². The van der Waals surface area contributed by atoms with E-state index in [0.29, 0.717) is 39.0 Å². The summed E-state index contributed by atoms with van der Waals surface area (Å²) in [4.78, 5) is 13.6. The van der Waals surface area contributed by atoms with Crippen LogP contribution in [0.4, 0.5) is 0 Å². The molecule has 1 amide bonds. The van der Waals surface area contributed by atoms with Crippen LogP contribution in [0.15, 0.2) is 22.8 Å². The van der Waals surface area contributed by atoms with Gasteiger partial charge in [-0.1, -0.05) is 0 Å². The Balaban J connectivity index is 2.39. The lowest BCUT2D eigenvalue weighted by Crippen LogP contribution is -2.34. The van der Waals surface area contributed by atoms with Gasteiger partial charge < -0.3 is 14.1 Å². The summed E-state index contributed by atoms with van der Waals surface area (Å²) >= 11 is 0. The van der Waals surface area contributed by atoms with Gasteiger partial charge in [-0.05, 0) is 12.1 Å². The molecule has 0 aliphatic heterocycles. The summed E-state index contributed by atoms with van der Waals surface area (Å²) in [6.07, 6.45) is 2.92. The number of ether oxygens (including phenoxy) is 1. The van der Waals surface area contributed by atoms with Crippen LogP contribution in [0.5, 0.6) is 0 Å². The van der Waals surface area contributed by atoms with E-state index in [0.717, 1.165) is 5.76 Å². The van der Waals surface area contributed by atoms with Crippen LogP contribution in [0.25, 0.3) is 0 Å². The molecule has 18 heavy (non-hydrogen) atoms. The number of methoxy groups -OCH3 is 1. The second-order valence-electron chi connectivity index (χ2n) is 3.86. The van der Waals surface area contributed by atoms with Crippen LogP contribution in [0.2, 0.25) is 0 Å². The summed E-state index contributed by atoms with van der Waals surface area (Å²) in [5.74, 6) is 0.828. The number of furan rings is 1. The van der Waals surface area contributed by atoms with Crippen LogP contribution in [0, 0.1) is 11.3 Å². The number of carbonyl (C=O) groups excluding carboxylic acids is 1. The lowest BCUT2D eigenvalue weighted by Gasteiger charge is -2.20. The van der Waals surface area contributed by atoms with Crippen LogP contribution in [0.3, 0.4) is 0 Å². The molecule has 1 aromatic heterocycles. The molecule has 0 aliphatic rings. The van der Waals surface area contributed by atoms with Crippen LogP contribution in [-0.4, -0.2) is 37.6 Å². The summed E-state index contributed by atoms with van der Waals surface area (Å²) in [5.41, 5.74) is 0. The van der Waals surface area contributed by atoms with Crippen molar-refractivity contribution >= 4 is 5.91 Å². The van der Waals surface area contributed by atoms with E-state index in [2.05, 4.69) is 0 Å². The highest BCUT2D eigenvalue weighted by Gasteiger charge is 2.13. The first kappa shape index (κ1) is 14.3. The Morgan fingerprint density at radius 1 is 1.56 bits per heavy atom. The fourth-order valence-corrected chi connectivity index (χ4v) is 1.59. The highest BCUT2D eigenvalue weighted by atomic mass is 16.5. The van der Waals surface area contributed by atoms with Gasteiger partial charge in [-0.2, -0.15) is 5.26 Å². The van der Waals surface area contributed by atoms with Gasteiger partial charge in [0.15, 0.2) is 0 Å². The number of nitrogens with zero attached hydrogens (tertiary/aromatic N) is 2. The van der Waals surface area contributed by atoms with Crippen LogP contribution in [0.1, 0.15) is 18.6 Å². The molecule has 1 rings (SSSR count). The van der Waals surface area contributed by atoms with Crippen molar-refractivity contribution in [3.05, 3.63) is 24.2 Å². The maximum atomic E-state index is 12.0. The molecule has 0 radical (unpaired) electrons. The van der Waals surface area contributed by atoms with E-state index in [1.54, 1.807) is 24.3 Å². The van der Waals surface area contributed by atoms with Gasteiger partial charge in [0.05, 0.1) is 25.4 Å². The molecule has 98 valence electrons. The van der Waals surface area contributed by atoms with Crippen LogP contribution < -0.4 is 0 Å². The molecule has 1 aromatic rings. The standard InChI is InChI=1S/C13H18N2O3/c1-17-11-9-15(8-3-7-14)13(16)6-5-12-4-2-10-18-12/h2,4,10H,3,5-6,8-9,11H2,1H3. The normalized spacial score (nSPS) is 10.0. The number of aryl methyl sites for hydroxylation is 1. The highest BCUT2D eigenvalue weighted by molar-refractivity contribution is 5.76. The van der Waals surface area contributed by atoms with Gasteiger partial charge in [-0.25, -0.2) is 0 Å². The Bertz CT molecular complexity index is 381. The number of amides is 1. The topological polar surface area (TPSA) is 66.5 Å². The minimum absolute atomic E-state index is 0.0266. The molecule has 0 saturated carbocycles. The fourth-order valence-electron chi connectivity index (χ4n) is 1.59. The highest BCUT2D eigenvalue weighted by Crippen LogP contribution is 2.06. The Kier molecular flexibility index (Phi) is 6.59. The maximum absolute atomic E-state index is 12.0. The van der Waals surface area contributed by atoms with Crippen molar-refractivity contribution in [3.63, 3.8) is 0 Å². The van der Waals surface area contributed by atoms with Gasteiger partial charge in [0, 0.05) is 33.0 Å². The third kappa shape index (κ3) is 5.02. The average Bonchev–Trinajstić information content (AvgIpc) is 2.89. The largest absolute Gasteiger partial charge is 0.469 e. The molecule has 0 bridgehead atoms. The van der Waals surface area contributed by atoms with Crippen molar-refractivity contribution < 1.29 is 13.9 Å². The lowest BCUT2D eigenvalue weighted by atomic mass is 10.2. The maximum Gasteiger partial charge on any atom is 0.223 e. The van der Waals surface area contributed by atoms with Gasteiger partial charge in [-0.15, -0.1) is 0 Å². The minimum atomic E-state index is 0.0266. The van der Waals surface area contributed by atoms with Crippen molar-refractivity contribution in [1.82, 2.24) is 4.90 Å². The molecule has 0 fully saturated rings. The zero-order valence-corrected chi connectivity index (χ0v) is 10.6. The summed E-state index contributed by atoms with van der Waals surface area (Å²) in [6.45, 7) is 1.46. The van der Waals surface area contributed by atoms with Gasteiger partial charge in [0.25, 0.3) is 0 Å². The Hall–Kier alpha value is -1.80. The molecule has 0 saturated heterocycles. The Morgan fingerprint density at radius 3 is 3.00 bits per heavy atom. The van der Waals surface area contributed by atoms with Crippen LogP contribution >= 0.6 is 0 Å². The van der Waals surface area contributed by atoms with Crippen molar-refractivity contribution in [2.45, 2.75) is 19.3 Å². The molecule has 5 heteroatoms. The molecule has 0 N–H and O–H groups in total. The van der Waals surface area contributed by atoms with E-state index < -0.39 is 0 Å². The third-order valence-corrected chi connectivity index (χ3v) is 2.58. The molecule has 0 aliphatic carbocycles. The van der Waals surface area contributed by atoms with E-state index in [4.69, 9.17) is 14.4 Å². The van der Waals surface area contributed by atoms with E-state index in [1.165, 1.54) is 0 Å². The second-order valence-corrected chi connectivity index (χ2v) is 3.86. The number of carbonyl (C=O) groups is 1. The first-order valence-electron chi connectivity index (χ1n) is 5.94. The summed E-state index contributed by atoms with van der Waals surface area (Å²) < 4.78 is 10.1. The average molecular weight is 250 g/mol.